The Morgan fingerprint density at radius 2 is 1.97 bits per heavy atom. The third-order valence-corrected chi connectivity index (χ3v) is 6.03. The van der Waals surface area contributed by atoms with Gasteiger partial charge in [-0.05, 0) is 43.7 Å². The summed E-state index contributed by atoms with van der Waals surface area (Å²) in [6.45, 7) is 1.71. The van der Waals surface area contributed by atoms with Crippen molar-refractivity contribution in [3.63, 3.8) is 0 Å². The number of aliphatic carboxylic acids is 1. The average Bonchev–Trinajstić information content (AvgIpc) is 3.12. The van der Waals surface area contributed by atoms with Gasteiger partial charge in [-0.3, -0.25) is 10.1 Å². The number of fused-ring (bicyclic) bond motifs is 1. The first kappa shape index (κ1) is 21.7. The summed E-state index contributed by atoms with van der Waals surface area (Å²) >= 11 is 6.15. The van der Waals surface area contributed by atoms with E-state index >= 15 is 0 Å². The zero-order valence-corrected chi connectivity index (χ0v) is 18.6. The second kappa shape index (κ2) is 8.32. The number of aliphatic imine (C=N–C) groups is 2. The van der Waals surface area contributed by atoms with Crippen LogP contribution < -0.4 is 5.32 Å². The van der Waals surface area contributed by atoms with E-state index in [1.807, 2.05) is 0 Å². The maximum Gasteiger partial charge on any atom is 0.412 e. The topological polar surface area (TPSA) is 126 Å². The molecule has 1 atom stereocenters. The van der Waals surface area contributed by atoms with Crippen LogP contribution in [0.25, 0.3) is 0 Å². The molecule has 2 aromatic rings. The number of nitrogens with one attached hydrogen (secondary N) is 1. The lowest BCUT2D eigenvalue weighted by atomic mass is 10.0. The number of anilines is 1. The number of allylic oxidation sites excluding steroid dienone is 3. The Labute approximate surface area is 198 Å². The Balaban J connectivity index is 1.24. The molecule has 9 nitrogen and oxygen atoms in total. The smallest absolute Gasteiger partial charge is 0.412 e. The van der Waals surface area contributed by atoms with Gasteiger partial charge >= 0.3 is 12.1 Å². The highest BCUT2D eigenvalue weighted by atomic mass is 35.5. The number of carboxylic acid groups (broad SMARTS) is 1. The zero-order chi connectivity index (χ0) is 23.9. The molecule has 0 radical (unpaired) electrons. The maximum atomic E-state index is 12.3. The van der Waals surface area contributed by atoms with Crippen molar-refractivity contribution in [1.82, 2.24) is 5.16 Å². The van der Waals surface area contributed by atoms with Crippen molar-refractivity contribution in [1.29, 1.82) is 0 Å². The molecule has 1 aromatic carbocycles. The largest absolute Gasteiger partial charge is 0.481 e. The predicted molar refractivity (Wildman–Crippen MR) is 124 cm³/mol. The number of ether oxygens (including phenoxy) is 1. The van der Waals surface area contributed by atoms with Crippen LogP contribution in [-0.2, 0) is 9.53 Å². The predicted octanol–water partition coefficient (Wildman–Crippen LogP) is 4.53. The third-order valence-electron chi connectivity index (χ3n) is 5.68. The van der Waals surface area contributed by atoms with Crippen LogP contribution in [0.15, 0.2) is 68.6 Å². The number of hydrogen-bond acceptors (Lipinski definition) is 7. The standard InChI is InChI=1S/C24H17ClN4O5/c1-13(15-4-2-3-5-16(15)25)34-23(32)28-20-12-33-29-17(20)7-6-14-10-18-19(26-14)11-21(27-18)24(8-9-24)22(30)31/h2-5,10-13H,8-9H2,1H3,(H,28,32)(H,30,31). The van der Waals surface area contributed by atoms with Crippen LogP contribution in [0, 0.1) is 17.3 Å². The molecule has 1 aromatic heterocycles. The Morgan fingerprint density at radius 1 is 1.21 bits per heavy atom. The zero-order valence-electron chi connectivity index (χ0n) is 17.8. The lowest BCUT2D eigenvalue weighted by Crippen LogP contribution is -2.16. The van der Waals surface area contributed by atoms with Crippen molar-refractivity contribution < 1.29 is 24.0 Å². The number of carbonyl (C=O) groups excluding carboxylic acids is 1. The average molecular weight is 477 g/mol. The molecule has 2 aliphatic heterocycles. The van der Waals surface area contributed by atoms with Gasteiger partial charge in [0.2, 0.25) is 0 Å². The van der Waals surface area contributed by atoms with E-state index in [0.717, 1.165) is 0 Å². The first-order valence-electron chi connectivity index (χ1n) is 10.4. The molecule has 1 fully saturated rings. The van der Waals surface area contributed by atoms with E-state index in [1.54, 1.807) is 43.3 Å². The molecule has 1 unspecified atom stereocenters. The van der Waals surface area contributed by atoms with Crippen LogP contribution in [0.3, 0.4) is 0 Å². The summed E-state index contributed by atoms with van der Waals surface area (Å²) < 4.78 is 10.3. The van der Waals surface area contributed by atoms with E-state index in [4.69, 9.17) is 20.9 Å². The number of carboxylic acids is 1. The number of benzene rings is 1. The molecule has 10 heteroatoms. The third kappa shape index (κ3) is 4.00. The molecule has 2 N–H and O–H groups in total. The summed E-state index contributed by atoms with van der Waals surface area (Å²) in [5, 5.41) is 16.3. The van der Waals surface area contributed by atoms with Crippen molar-refractivity contribution in [2.75, 3.05) is 5.32 Å². The first-order valence-corrected chi connectivity index (χ1v) is 10.8. The minimum atomic E-state index is -0.876. The van der Waals surface area contributed by atoms with Crippen molar-refractivity contribution >= 4 is 40.8 Å². The molecular weight excluding hydrogens is 460 g/mol. The van der Waals surface area contributed by atoms with Gasteiger partial charge in [0.05, 0.1) is 17.1 Å². The quantitative estimate of drug-likeness (QED) is 0.610. The van der Waals surface area contributed by atoms with Crippen molar-refractivity contribution in [2.45, 2.75) is 25.9 Å². The molecule has 3 aliphatic rings. The van der Waals surface area contributed by atoms with E-state index in [9.17, 15) is 14.7 Å². The number of carbonyl (C=O) groups is 2. The van der Waals surface area contributed by atoms with Crippen LogP contribution in [0.5, 0.6) is 0 Å². The fraction of sp³-hybridized carbons (Fsp3) is 0.208. The molecule has 5 rings (SSSR count). The van der Waals surface area contributed by atoms with E-state index in [-0.39, 0.29) is 11.4 Å². The summed E-state index contributed by atoms with van der Waals surface area (Å²) in [5.74, 6) is 4.80. The van der Waals surface area contributed by atoms with Crippen LogP contribution in [-0.4, -0.2) is 33.7 Å². The Bertz CT molecular complexity index is 1400. The number of amides is 1. The number of aromatic nitrogens is 1. The fourth-order valence-corrected chi connectivity index (χ4v) is 3.92. The molecule has 170 valence electrons. The normalized spacial score (nSPS) is 17.8. The van der Waals surface area contributed by atoms with E-state index in [1.165, 1.54) is 6.26 Å². The summed E-state index contributed by atoms with van der Waals surface area (Å²) in [4.78, 5) is 32.6. The molecule has 0 saturated heterocycles. The number of nitrogens with zero attached hydrogens (tertiary/aromatic N) is 3. The minimum Gasteiger partial charge on any atom is -0.481 e. The van der Waals surface area contributed by atoms with Gasteiger partial charge < -0.3 is 14.4 Å². The Hall–Kier alpha value is -4.16. The molecule has 1 saturated carbocycles. The lowest BCUT2D eigenvalue weighted by molar-refractivity contribution is -0.141. The summed E-state index contributed by atoms with van der Waals surface area (Å²) in [7, 11) is 0. The van der Waals surface area contributed by atoms with Crippen molar-refractivity contribution in [3.05, 3.63) is 70.4 Å². The second-order valence-electron chi connectivity index (χ2n) is 7.96. The van der Waals surface area contributed by atoms with Gasteiger partial charge in [0.1, 0.15) is 29.2 Å². The van der Waals surface area contributed by atoms with Crippen molar-refractivity contribution in [3.8, 4) is 11.8 Å². The molecule has 0 spiro atoms. The molecule has 34 heavy (non-hydrogen) atoms. The summed E-state index contributed by atoms with van der Waals surface area (Å²) in [6.07, 6.45) is 4.49. The first-order chi connectivity index (χ1) is 16.4. The van der Waals surface area contributed by atoms with Crippen LogP contribution in [0.1, 0.15) is 37.1 Å². The van der Waals surface area contributed by atoms with Crippen LogP contribution in [0.4, 0.5) is 10.5 Å². The fourth-order valence-electron chi connectivity index (χ4n) is 3.63. The number of hydrogen-bond donors (Lipinski definition) is 2. The monoisotopic (exact) mass is 476 g/mol. The molecule has 1 aliphatic carbocycles. The maximum absolute atomic E-state index is 12.3. The van der Waals surface area contributed by atoms with E-state index in [2.05, 4.69) is 32.3 Å². The van der Waals surface area contributed by atoms with Gasteiger partial charge in [-0.15, -0.1) is 0 Å². The molecule has 3 heterocycles. The van der Waals surface area contributed by atoms with Gasteiger partial charge in [-0.25, -0.2) is 14.8 Å². The highest BCUT2D eigenvalue weighted by molar-refractivity contribution is 6.54. The van der Waals surface area contributed by atoms with Gasteiger partial charge in [0.25, 0.3) is 0 Å². The van der Waals surface area contributed by atoms with Gasteiger partial charge in [-0.1, -0.05) is 35.0 Å². The Morgan fingerprint density at radius 3 is 2.68 bits per heavy atom. The number of halogens is 1. The van der Waals surface area contributed by atoms with E-state index < -0.39 is 23.6 Å². The van der Waals surface area contributed by atoms with Crippen LogP contribution in [0.2, 0.25) is 5.02 Å². The summed E-state index contributed by atoms with van der Waals surface area (Å²) in [5.41, 5.74) is 2.38. The summed E-state index contributed by atoms with van der Waals surface area (Å²) in [6, 6.07) is 7.09. The van der Waals surface area contributed by atoms with Crippen molar-refractivity contribution in [2.24, 2.45) is 15.4 Å². The van der Waals surface area contributed by atoms with Gasteiger partial charge in [0, 0.05) is 16.7 Å². The molecule has 0 bridgehead atoms. The molecule has 1 amide bonds. The van der Waals surface area contributed by atoms with Gasteiger partial charge in [0.15, 0.2) is 5.69 Å². The van der Waals surface area contributed by atoms with E-state index in [0.29, 0.717) is 46.2 Å². The second-order valence-corrected chi connectivity index (χ2v) is 8.37. The van der Waals surface area contributed by atoms with Crippen LogP contribution >= 0.6 is 11.6 Å². The highest BCUT2D eigenvalue weighted by Crippen LogP contribution is 2.53. The number of rotatable bonds is 5. The van der Waals surface area contributed by atoms with Gasteiger partial charge in [-0.2, -0.15) is 0 Å². The highest BCUT2D eigenvalue weighted by Gasteiger charge is 2.55. The molecular formula is C24H17ClN4O5. The minimum absolute atomic E-state index is 0.196. The SMILES string of the molecule is CC(OC(=O)Nc1conc1C#CC1=CC2=NC(C3(C(=O)O)CC3)=CC2=N1)c1ccccc1Cl. The Kier molecular flexibility index (Phi) is 5.30. The lowest BCUT2D eigenvalue weighted by Gasteiger charge is -2.14.